The van der Waals surface area contributed by atoms with E-state index in [0.29, 0.717) is 0 Å². The van der Waals surface area contributed by atoms with Crippen LogP contribution in [0.1, 0.15) is 31.5 Å². The molecule has 0 aliphatic heterocycles. The summed E-state index contributed by atoms with van der Waals surface area (Å²) >= 11 is 0. The van der Waals surface area contributed by atoms with Gasteiger partial charge in [-0.25, -0.2) is 4.98 Å². The summed E-state index contributed by atoms with van der Waals surface area (Å²) in [7, 11) is 4.22. The van der Waals surface area contributed by atoms with Gasteiger partial charge in [-0.15, -0.1) is 0 Å². The zero-order valence-corrected chi connectivity index (χ0v) is 10.3. The van der Waals surface area contributed by atoms with Crippen molar-refractivity contribution < 1.29 is 0 Å². The summed E-state index contributed by atoms with van der Waals surface area (Å²) in [6, 6.07) is 0. The number of hydrogen-bond acceptors (Lipinski definition) is 3. The minimum Gasteiger partial charge on any atom is -0.337 e. The number of rotatable bonds is 4. The minimum absolute atomic E-state index is 0.214. The predicted molar refractivity (Wildman–Crippen MR) is 64.9 cm³/mol. The van der Waals surface area contributed by atoms with Gasteiger partial charge in [-0.3, -0.25) is 4.90 Å². The van der Waals surface area contributed by atoms with Crippen LogP contribution in [0.15, 0.2) is 12.4 Å². The van der Waals surface area contributed by atoms with Crippen molar-refractivity contribution in [3.63, 3.8) is 0 Å². The lowest BCUT2D eigenvalue weighted by atomic mass is 9.96. The van der Waals surface area contributed by atoms with Gasteiger partial charge in [0.05, 0.1) is 6.54 Å². The first kappa shape index (κ1) is 11.6. The lowest BCUT2D eigenvalue weighted by Gasteiger charge is -2.37. The summed E-state index contributed by atoms with van der Waals surface area (Å²) < 4.78 is 2.08. The fourth-order valence-electron chi connectivity index (χ4n) is 2.70. The Morgan fingerprint density at radius 1 is 1.50 bits per heavy atom. The van der Waals surface area contributed by atoms with Crippen molar-refractivity contribution in [3.8, 4) is 0 Å². The Morgan fingerprint density at radius 3 is 2.69 bits per heavy atom. The van der Waals surface area contributed by atoms with Gasteiger partial charge in [0, 0.05) is 31.5 Å². The second-order valence-electron chi connectivity index (χ2n) is 4.95. The van der Waals surface area contributed by atoms with E-state index in [1.165, 1.54) is 25.7 Å². The van der Waals surface area contributed by atoms with Crippen molar-refractivity contribution in [1.29, 1.82) is 0 Å². The fourth-order valence-corrected chi connectivity index (χ4v) is 2.70. The average Bonchev–Trinajstić information content (AvgIpc) is 2.89. The lowest BCUT2D eigenvalue weighted by Crippen LogP contribution is -2.49. The zero-order valence-electron chi connectivity index (χ0n) is 10.3. The molecule has 1 aromatic heterocycles. The quantitative estimate of drug-likeness (QED) is 0.830. The first-order valence-electron chi connectivity index (χ1n) is 6.05. The highest BCUT2D eigenvalue weighted by atomic mass is 15.2. The highest BCUT2D eigenvalue weighted by Gasteiger charge is 2.36. The number of nitrogens with two attached hydrogens (primary N) is 1. The highest BCUT2D eigenvalue weighted by Crippen LogP contribution is 2.34. The van der Waals surface area contributed by atoms with Crippen molar-refractivity contribution >= 4 is 0 Å². The molecule has 0 radical (unpaired) electrons. The number of aromatic nitrogens is 2. The summed E-state index contributed by atoms with van der Waals surface area (Å²) in [4.78, 5) is 6.76. The Balaban J connectivity index is 2.07. The van der Waals surface area contributed by atoms with Crippen LogP contribution in [0, 0.1) is 0 Å². The van der Waals surface area contributed by atoms with Crippen LogP contribution in [0.2, 0.25) is 0 Å². The summed E-state index contributed by atoms with van der Waals surface area (Å²) in [6.45, 7) is 1.65. The Hall–Kier alpha value is -0.870. The maximum atomic E-state index is 5.97. The van der Waals surface area contributed by atoms with Crippen molar-refractivity contribution in [1.82, 2.24) is 14.5 Å². The van der Waals surface area contributed by atoms with E-state index in [4.69, 9.17) is 5.73 Å². The molecule has 4 nitrogen and oxygen atoms in total. The first-order valence-corrected chi connectivity index (χ1v) is 6.05. The molecule has 0 unspecified atom stereocenters. The van der Waals surface area contributed by atoms with E-state index < -0.39 is 0 Å². The Bertz CT molecular complexity index is 339. The molecule has 0 spiro atoms. The third kappa shape index (κ3) is 1.99. The van der Waals surface area contributed by atoms with Gasteiger partial charge in [-0.1, -0.05) is 12.8 Å². The summed E-state index contributed by atoms with van der Waals surface area (Å²) in [5, 5.41) is 0. The van der Waals surface area contributed by atoms with Crippen LogP contribution in [0.25, 0.3) is 0 Å². The molecule has 1 aromatic rings. The summed E-state index contributed by atoms with van der Waals surface area (Å²) in [5.41, 5.74) is 6.18. The number of nitrogens with zero attached hydrogens (tertiary/aromatic N) is 3. The molecular weight excluding hydrogens is 200 g/mol. The molecule has 0 atom stereocenters. The fraction of sp³-hybridized carbons (Fsp3) is 0.750. The van der Waals surface area contributed by atoms with Crippen molar-refractivity contribution in [2.75, 3.05) is 13.6 Å². The zero-order chi connectivity index (χ0) is 11.6. The smallest absolute Gasteiger partial charge is 0.122 e. The number of likely N-dealkylation sites (N-methyl/N-ethyl adjacent to an activating group) is 1. The van der Waals surface area contributed by atoms with Gasteiger partial charge in [0.15, 0.2) is 0 Å². The summed E-state index contributed by atoms with van der Waals surface area (Å²) in [5.74, 6) is 1.11. The van der Waals surface area contributed by atoms with Gasteiger partial charge in [0.1, 0.15) is 5.82 Å². The normalized spacial score (nSPS) is 19.5. The van der Waals surface area contributed by atoms with Gasteiger partial charge in [-0.2, -0.15) is 0 Å². The van der Waals surface area contributed by atoms with Crippen LogP contribution in [-0.4, -0.2) is 33.6 Å². The van der Waals surface area contributed by atoms with Gasteiger partial charge < -0.3 is 10.3 Å². The molecule has 16 heavy (non-hydrogen) atoms. The maximum absolute atomic E-state index is 5.97. The molecular formula is C12H22N4. The predicted octanol–water partition coefficient (Wildman–Crippen LogP) is 1.12. The second-order valence-corrected chi connectivity index (χ2v) is 4.95. The molecule has 0 aromatic carbocycles. The van der Waals surface area contributed by atoms with Crippen LogP contribution in [0.3, 0.4) is 0 Å². The van der Waals surface area contributed by atoms with E-state index in [1.807, 2.05) is 19.4 Å². The van der Waals surface area contributed by atoms with Gasteiger partial charge >= 0.3 is 0 Å². The Labute approximate surface area is 97.4 Å². The van der Waals surface area contributed by atoms with E-state index in [0.717, 1.165) is 18.9 Å². The molecule has 1 aliphatic rings. The number of hydrogen-bond donors (Lipinski definition) is 1. The van der Waals surface area contributed by atoms with Crippen molar-refractivity contribution in [2.45, 2.75) is 37.8 Å². The molecule has 1 heterocycles. The average molecular weight is 222 g/mol. The van der Waals surface area contributed by atoms with Crippen LogP contribution in [0.5, 0.6) is 0 Å². The van der Waals surface area contributed by atoms with Crippen molar-refractivity contribution in [2.24, 2.45) is 12.8 Å². The minimum atomic E-state index is 0.214. The topological polar surface area (TPSA) is 47.1 Å². The Kier molecular flexibility index (Phi) is 3.30. The van der Waals surface area contributed by atoms with Crippen LogP contribution < -0.4 is 5.73 Å². The first-order chi connectivity index (χ1) is 7.68. The third-order valence-electron chi connectivity index (χ3n) is 4.02. The van der Waals surface area contributed by atoms with Gasteiger partial charge in [0.25, 0.3) is 0 Å². The molecule has 4 heteroatoms. The molecule has 1 fully saturated rings. The molecule has 2 rings (SSSR count). The van der Waals surface area contributed by atoms with E-state index in [-0.39, 0.29) is 5.54 Å². The van der Waals surface area contributed by atoms with Gasteiger partial charge in [-0.05, 0) is 19.9 Å². The van der Waals surface area contributed by atoms with E-state index in [1.54, 1.807) is 0 Å². The monoisotopic (exact) mass is 222 g/mol. The summed E-state index contributed by atoms with van der Waals surface area (Å²) in [6.07, 6.45) is 8.92. The number of imidazole rings is 1. The number of aryl methyl sites for hydroxylation is 1. The largest absolute Gasteiger partial charge is 0.337 e. The van der Waals surface area contributed by atoms with Crippen LogP contribution >= 0.6 is 0 Å². The van der Waals surface area contributed by atoms with Crippen LogP contribution in [0.4, 0.5) is 0 Å². The molecule has 0 saturated heterocycles. The molecule has 0 amide bonds. The Morgan fingerprint density at radius 2 is 2.19 bits per heavy atom. The van der Waals surface area contributed by atoms with E-state index >= 15 is 0 Å². The second kappa shape index (κ2) is 4.55. The molecule has 90 valence electrons. The molecule has 2 N–H and O–H groups in total. The molecule has 1 saturated carbocycles. The van der Waals surface area contributed by atoms with Crippen LogP contribution in [-0.2, 0) is 13.6 Å². The SMILES string of the molecule is CN(Cc1nccn1C)C1(CN)CCCC1. The third-order valence-corrected chi connectivity index (χ3v) is 4.02. The van der Waals surface area contributed by atoms with Crippen molar-refractivity contribution in [3.05, 3.63) is 18.2 Å². The van der Waals surface area contributed by atoms with Gasteiger partial charge in [0.2, 0.25) is 0 Å². The standard InChI is InChI=1S/C12H22N4/c1-15-8-7-14-11(15)9-16(2)12(10-13)5-3-4-6-12/h7-8H,3-6,9-10,13H2,1-2H3. The highest BCUT2D eigenvalue weighted by molar-refractivity contribution is 4.98. The maximum Gasteiger partial charge on any atom is 0.122 e. The van der Waals surface area contributed by atoms with E-state index in [2.05, 4.69) is 21.5 Å². The molecule has 0 bridgehead atoms. The lowest BCUT2D eigenvalue weighted by molar-refractivity contribution is 0.119. The van der Waals surface area contributed by atoms with E-state index in [9.17, 15) is 0 Å². The molecule has 1 aliphatic carbocycles.